The van der Waals surface area contributed by atoms with Crippen LogP contribution in [0, 0.1) is 0 Å². The van der Waals surface area contributed by atoms with Gasteiger partial charge in [-0.1, -0.05) is 54.1 Å². The third kappa shape index (κ3) is 4.61. The number of methoxy groups -OCH3 is 1. The first-order chi connectivity index (χ1) is 13.3. The van der Waals surface area contributed by atoms with Gasteiger partial charge in [0.05, 0.1) is 12.5 Å². The zero-order chi connectivity index (χ0) is 20.2. The lowest BCUT2D eigenvalue weighted by atomic mass is 9.67. The Hall–Kier alpha value is -2.64. The summed E-state index contributed by atoms with van der Waals surface area (Å²) in [6.07, 6.45) is 4.15. The van der Waals surface area contributed by atoms with Crippen molar-refractivity contribution >= 4 is 22.3 Å². The van der Waals surface area contributed by atoms with Crippen LogP contribution in [0.1, 0.15) is 36.8 Å². The molecule has 0 heterocycles. The molecule has 1 saturated carbocycles. The largest absolute Gasteiger partial charge is 0.731 e. The van der Waals surface area contributed by atoms with Crippen molar-refractivity contribution in [1.82, 2.24) is 4.72 Å². The van der Waals surface area contributed by atoms with Gasteiger partial charge in [-0.2, -0.15) is 0 Å². The fourth-order valence-corrected chi connectivity index (χ4v) is 4.13. The zero-order valence-corrected chi connectivity index (χ0v) is 16.4. The predicted octanol–water partition coefficient (Wildman–Crippen LogP) is 3.17. The Balaban J connectivity index is 1.92. The number of amides is 1. The summed E-state index contributed by atoms with van der Waals surface area (Å²) >= 11 is 0. The molecule has 2 aromatic rings. The van der Waals surface area contributed by atoms with Crippen LogP contribution in [0.2, 0.25) is 0 Å². The number of hydrogen-bond acceptors (Lipinski definition) is 5. The monoisotopic (exact) mass is 400 g/mol. The number of nitrogens with one attached hydrogen (secondary N) is 1. The third-order valence-electron chi connectivity index (χ3n) is 5.19. The lowest BCUT2D eigenvalue weighted by Crippen LogP contribution is -2.48. The Bertz CT molecular complexity index is 973. The van der Waals surface area contributed by atoms with Crippen LogP contribution in [0.25, 0.3) is 6.08 Å². The maximum Gasteiger partial charge on any atom is 0.243 e. The molecule has 0 unspecified atom stereocenters. The molecule has 1 aliphatic rings. The molecular formula is C21H22NO5S-. The second-order valence-corrected chi connectivity index (χ2v) is 8.03. The van der Waals surface area contributed by atoms with Crippen molar-refractivity contribution < 1.29 is 22.5 Å². The van der Waals surface area contributed by atoms with E-state index in [2.05, 4.69) is 6.08 Å². The van der Waals surface area contributed by atoms with Gasteiger partial charge in [0.1, 0.15) is 5.75 Å². The highest BCUT2D eigenvalue weighted by atomic mass is 32.2. The molecule has 6 nitrogen and oxygen atoms in total. The zero-order valence-electron chi connectivity index (χ0n) is 15.6. The van der Waals surface area contributed by atoms with Gasteiger partial charge in [-0.15, -0.1) is 0 Å². The normalized spacial score (nSPS) is 19.7. The van der Waals surface area contributed by atoms with Crippen LogP contribution in [0.3, 0.4) is 0 Å². The van der Waals surface area contributed by atoms with Gasteiger partial charge in [-0.05, 0) is 48.9 Å². The molecule has 0 spiro atoms. The van der Waals surface area contributed by atoms with E-state index in [1.165, 1.54) is 12.7 Å². The van der Waals surface area contributed by atoms with Crippen molar-refractivity contribution in [3.05, 3.63) is 71.3 Å². The summed E-state index contributed by atoms with van der Waals surface area (Å²) in [5.74, 6) is -0.213. The van der Waals surface area contributed by atoms with Gasteiger partial charge in [-0.25, -0.2) is 8.42 Å². The number of carbonyl (C=O) groups excluding carboxylic acids is 1. The number of ether oxygens (including phenoxy) is 1. The molecule has 1 aliphatic carbocycles. The van der Waals surface area contributed by atoms with Crippen LogP contribution >= 0.6 is 0 Å². The number of carbonyl (C=O) groups is 1. The van der Waals surface area contributed by atoms with Crippen LogP contribution in [0.4, 0.5) is 0 Å². The van der Waals surface area contributed by atoms with E-state index in [1.807, 2.05) is 30.3 Å². The average Bonchev–Trinajstić information content (AvgIpc) is 2.68. The van der Waals surface area contributed by atoms with E-state index in [4.69, 9.17) is 4.74 Å². The molecule has 0 bridgehead atoms. The van der Waals surface area contributed by atoms with Gasteiger partial charge in [-0.3, -0.25) is 9.52 Å². The van der Waals surface area contributed by atoms with Crippen molar-refractivity contribution in [2.24, 2.45) is 0 Å². The van der Waals surface area contributed by atoms with E-state index in [1.54, 1.807) is 29.0 Å². The summed E-state index contributed by atoms with van der Waals surface area (Å²) in [7, 11) is -3.37. The van der Waals surface area contributed by atoms with Crippen molar-refractivity contribution in [3.8, 4) is 5.75 Å². The second kappa shape index (κ2) is 8.16. The molecule has 7 heteroatoms. The topological polar surface area (TPSA) is 95.5 Å². The summed E-state index contributed by atoms with van der Waals surface area (Å²) in [4.78, 5) is 12.9. The minimum atomic E-state index is -4.89. The molecule has 0 atom stereocenters. The predicted molar refractivity (Wildman–Crippen MR) is 105 cm³/mol. The summed E-state index contributed by atoms with van der Waals surface area (Å²) in [5.41, 5.74) is 1.81. The molecular weight excluding hydrogens is 378 g/mol. The SMILES string of the molecule is COc1cccc(C2(C(=O)NS(=O)(=O)[O-])CCC(=Cc3ccccc3)CC2)c1. The first kappa shape index (κ1) is 20.1. The van der Waals surface area contributed by atoms with Gasteiger partial charge in [0.2, 0.25) is 5.91 Å². The lowest BCUT2D eigenvalue weighted by molar-refractivity contribution is -0.126. The van der Waals surface area contributed by atoms with Crippen LogP contribution in [-0.2, 0) is 20.5 Å². The molecule has 148 valence electrons. The summed E-state index contributed by atoms with van der Waals surface area (Å²) in [6, 6.07) is 16.9. The molecule has 0 aliphatic heterocycles. The number of rotatable bonds is 5. The molecule has 1 amide bonds. The third-order valence-corrected chi connectivity index (χ3v) is 5.63. The van der Waals surface area contributed by atoms with Crippen LogP contribution in [-0.4, -0.2) is 26.0 Å². The molecule has 1 N–H and O–H groups in total. The minimum Gasteiger partial charge on any atom is -0.731 e. The summed E-state index contributed by atoms with van der Waals surface area (Å²) in [6.45, 7) is 0. The van der Waals surface area contributed by atoms with E-state index < -0.39 is 21.6 Å². The standard InChI is InChI=1S/C21H23NO5S/c1-27-19-9-5-8-18(15-19)21(20(23)22-28(24,25)26)12-10-17(11-13-21)14-16-6-3-2-4-7-16/h2-9,14-15H,10-13H2,1H3,(H,22,23)(H,24,25,26)/p-1. The Kier molecular flexibility index (Phi) is 5.86. The number of hydrogen-bond donors (Lipinski definition) is 1. The van der Waals surface area contributed by atoms with Crippen LogP contribution in [0.15, 0.2) is 60.2 Å². The fourth-order valence-electron chi connectivity index (χ4n) is 3.71. The van der Waals surface area contributed by atoms with E-state index in [9.17, 15) is 17.8 Å². The number of benzene rings is 2. The maximum atomic E-state index is 12.9. The lowest BCUT2D eigenvalue weighted by Gasteiger charge is -2.37. The molecule has 2 aromatic carbocycles. The van der Waals surface area contributed by atoms with Crippen molar-refractivity contribution in [2.75, 3.05) is 7.11 Å². The Morgan fingerprint density at radius 2 is 1.79 bits per heavy atom. The average molecular weight is 400 g/mol. The molecule has 0 saturated heterocycles. The smallest absolute Gasteiger partial charge is 0.243 e. The van der Waals surface area contributed by atoms with E-state index in [0.717, 1.165) is 5.56 Å². The highest BCUT2D eigenvalue weighted by Crippen LogP contribution is 2.43. The second-order valence-electron chi connectivity index (χ2n) is 6.91. The van der Waals surface area contributed by atoms with Gasteiger partial charge in [0.25, 0.3) is 0 Å². The van der Waals surface area contributed by atoms with Gasteiger partial charge < -0.3 is 9.29 Å². The Labute approximate surface area is 165 Å². The van der Waals surface area contributed by atoms with Crippen LogP contribution < -0.4 is 9.46 Å². The molecule has 28 heavy (non-hydrogen) atoms. The highest BCUT2D eigenvalue weighted by Gasteiger charge is 2.43. The van der Waals surface area contributed by atoms with Gasteiger partial charge in [0, 0.05) is 0 Å². The Morgan fingerprint density at radius 3 is 2.39 bits per heavy atom. The minimum absolute atomic E-state index is 0.403. The molecule has 0 aromatic heterocycles. The van der Waals surface area contributed by atoms with E-state index >= 15 is 0 Å². The quantitative estimate of drug-likeness (QED) is 0.778. The molecule has 3 rings (SSSR count). The highest BCUT2D eigenvalue weighted by molar-refractivity contribution is 7.84. The van der Waals surface area contributed by atoms with Crippen molar-refractivity contribution in [3.63, 3.8) is 0 Å². The van der Waals surface area contributed by atoms with Gasteiger partial charge in [0.15, 0.2) is 10.3 Å². The first-order valence-electron chi connectivity index (χ1n) is 8.99. The first-order valence-corrected chi connectivity index (χ1v) is 10.4. The molecule has 1 fully saturated rings. The van der Waals surface area contributed by atoms with Crippen molar-refractivity contribution in [1.29, 1.82) is 0 Å². The summed E-state index contributed by atoms with van der Waals surface area (Å²) < 4.78 is 40.4. The van der Waals surface area contributed by atoms with Gasteiger partial charge >= 0.3 is 0 Å². The van der Waals surface area contributed by atoms with E-state index in [0.29, 0.717) is 37.0 Å². The Morgan fingerprint density at radius 1 is 1.11 bits per heavy atom. The fraction of sp³-hybridized carbons (Fsp3) is 0.286. The van der Waals surface area contributed by atoms with Crippen LogP contribution in [0.5, 0.6) is 5.75 Å². The van der Waals surface area contributed by atoms with Crippen molar-refractivity contribution in [2.45, 2.75) is 31.1 Å². The summed E-state index contributed by atoms with van der Waals surface area (Å²) in [5, 5.41) is 0. The number of allylic oxidation sites excluding steroid dienone is 1. The maximum absolute atomic E-state index is 12.9. The molecule has 0 radical (unpaired) electrons. The van der Waals surface area contributed by atoms with E-state index in [-0.39, 0.29) is 0 Å².